The summed E-state index contributed by atoms with van der Waals surface area (Å²) in [5.74, 6) is 1.49. The second kappa shape index (κ2) is 8.01. The Morgan fingerprint density at radius 2 is 2.12 bits per heavy atom. The van der Waals surface area contributed by atoms with Crippen molar-refractivity contribution in [2.45, 2.75) is 26.3 Å². The molecule has 0 bridgehead atoms. The third kappa shape index (κ3) is 4.50. The van der Waals surface area contributed by atoms with E-state index in [-0.39, 0.29) is 5.91 Å². The Balaban J connectivity index is 1.63. The molecule has 3 rings (SSSR count). The van der Waals surface area contributed by atoms with Gasteiger partial charge in [-0.15, -0.1) is 0 Å². The largest absolute Gasteiger partial charge is 0.497 e. The lowest BCUT2D eigenvalue weighted by Crippen LogP contribution is -2.39. The second-order valence-corrected chi connectivity index (χ2v) is 6.66. The Morgan fingerprint density at radius 1 is 1.32 bits per heavy atom. The van der Waals surface area contributed by atoms with Crippen LogP contribution in [0.2, 0.25) is 0 Å². The van der Waals surface area contributed by atoms with Gasteiger partial charge in [0.1, 0.15) is 5.75 Å². The molecule has 0 spiro atoms. The minimum absolute atomic E-state index is 0.0761. The number of anilines is 1. The van der Waals surface area contributed by atoms with Crippen molar-refractivity contribution in [2.24, 2.45) is 5.92 Å². The summed E-state index contributed by atoms with van der Waals surface area (Å²) < 4.78 is 5.17. The van der Waals surface area contributed by atoms with E-state index in [1.54, 1.807) is 19.5 Å². The van der Waals surface area contributed by atoms with E-state index in [9.17, 15) is 4.79 Å². The van der Waals surface area contributed by atoms with Crippen LogP contribution in [0.3, 0.4) is 0 Å². The van der Waals surface area contributed by atoms with Gasteiger partial charge in [-0.25, -0.2) is 0 Å². The minimum atomic E-state index is 0.0761. The van der Waals surface area contributed by atoms with Crippen LogP contribution in [0.5, 0.6) is 5.75 Å². The van der Waals surface area contributed by atoms with Gasteiger partial charge in [-0.1, -0.05) is 19.1 Å². The smallest absolute Gasteiger partial charge is 0.255 e. The molecule has 1 aliphatic heterocycles. The highest BCUT2D eigenvalue weighted by Crippen LogP contribution is 2.19. The Hall–Kier alpha value is -2.56. The Kier molecular flexibility index (Phi) is 5.53. The number of nitrogens with zero attached hydrogens (tertiary/aromatic N) is 2. The monoisotopic (exact) mass is 339 g/mol. The molecule has 5 nitrogen and oxygen atoms in total. The van der Waals surface area contributed by atoms with Crippen molar-refractivity contribution >= 4 is 11.6 Å². The van der Waals surface area contributed by atoms with Crippen molar-refractivity contribution in [1.82, 2.24) is 9.88 Å². The Bertz CT molecular complexity index is 715. The molecular weight excluding hydrogens is 314 g/mol. The van der Waals surface area contributed by atoms with Crippen LogP contribution in [0.4, 0.5) is 5.69 Å². The van der Waals surface area contributed by atoms with Gasteiger partial charge in [-0.05, 0) is 42.5 Å². The lowest BCUT2D eigenvalue weighted by atomic mass is 10.00. The molecule has 1 aliphatic rings. The fourth-order valence-corrected chi connectivity index (χ4v) is 3.16. The zero-order chi connectivity index (χ0) is 17.6. The van der Waals surface area contributed by atoms with E-state index in [0.29, 0.717) is 18.0 Å². The lowest BCUT2D eigenvalue weighted by Gasteiger charge is -2.31. The van der Waals surface area contributed by atoms with E-state index in [2.05, 4.69) is 17.2 Å². The molecule has 132 valence electrons. The van der Waals surface area contributed by atoms with Gasteiger partial charge in [0, 0.05) is 32.0 Å². The highest BCUT2D eigenvalue weighted by molar-refractivity contribution is 5.94. The topological polar surface area (TPSA) is 54.5 Å². The predicted octanol–water partition coefficient (Wildman–Crippen LogP) is 3.57. The number of carbonyl (C=O) groups excluding carboxylic acids is 1. The van der Waals surface area contributed by atoms with Crippen molar-refractivity contribution in [3.8, 4) is 5.75 Å². The zero-order valence-corrected chi connectivity index (χ0v) is 14.9. The van der Waals surface area contributed by atoms with Crippen molar-refractivity contribution in [2.75, 3.05) is 25.5 Å². The van der Waals surface area contributed by atoms with Crippen LogP contribution in [0.25, 0.3) is 0 Å². The number of methoxy groups -OCH3 is 1. The number of ether oxygens (including phenoxy) is 1. The summed E-state index contributed by atoms with van der Waals surface area (Å²) in [5.41, 5.74) is 2.64. The van der Waals surface area contributed by atoms with Gasteiger partial charge in [0.05, 0.1) is 18.4 Å². The van der Waals surface area contributed by atoms with E-state index >= 15 is 0 Å². The van der Waals surface area contributed by atoms with Crippen LogP contribution < -0.4 is 10.1 Å². The first-order valence-corrected chi connectivity index (χ1v) is 8.77. The molecule has 25 heavy (non-hydrogen) atoms. The van der Waals surface area contributed by atoms with Gasteiger partial charge in [0.15, 0.2) is 0 Å². The molecule has 1 aromatic carbocycles. The zero-order valence-electron chi connectivity index (χ0n) is 14.9. The van der Waals surface area contributed by atoms with Gasteiger partial charge < -0.3 is 15.0 Å². The number of likely N-dealkylation sites (tertiary alicyclic amines) is 1. The maximum atomic E-state index is 12.7. The normalized spacial score (nSPS) is 17.2. The molecule has 2 heterocycles. The number of amides is 1. The number of carbonyl (C=O) groups is 1. The quantitative estimate of drug-likeness (QED) is 0.905. The first-order chi connectivity index (χ1) is 12.2. The average molecular weight is 339 g/mol. The number of hydrogen-bond donors (Lipinski definition) is 1. The summed E-state index contributed by atoms with van der Waals surface area (Å²) in [4.78, 5) is 18.9. The number of hydrogen-bond acceptors (Lipinski definition) is 4. The van der Waals surface area contributed by atoms with Crippen LogP contribution in [0.15, 0.2) is 42.7 Å². The van der Waals surface area contributed by atoms with Crippen LogP contribution in [-0.4, -0.2) is 36.0 Å². The van der Waals surface area contributed by atoms with Gasteiger partial charge in [-0.3, -0.25) is 9.78 Å². The van der Waals surface area contributed by atoms with E-state index in [0.717, 1.165) is 36.5 Å². The third-order valence-corrected chi connectivity index (χ3v) is 4.59. The molecule has 5 heteroatoms. The molecule has 0 aliphatic carbocycles. The summed E-state index contributed by atoms with van der Waals surface area (Å²) in [7, 11) is 1.66. The van der Waals surface area contributed by atoms with Crippen molar-refractivity contribution in [3.05, 3.63) is 53.9 Å². The fraction of sp³-hybridized carbons (Fsp3) is 0.400. The maximum absolute atomic E-state index is 12.7. The summed E-state index contributed by atoms with van der Waals surface area (Å²) in [6.07, 6.45) is 5.68. The van der Waals surface area contributed by atoms with E-state index in [4.69, 9.17) is 4.74 Å². The van der Waals surface area contributed by atoms with Gasteiger partial charge in [0.2, 0.25) is 0 Å². The molecule has 1 N–H and O–H groups in total. The molecular formula is C20H25N3O2. The first kappa shape index (κ1) is 17.3. The standard InChI is InChI=1S/C20H25N3O2/c1-15-4-3-9-23(14-15)20(24)17-10-18(13-21-12-17)22-11-16-5-7-19(25-2)8-6-16/h5-8,10,12-13,15,22H,3-4,9,11,14H2,1-2H3. The van der Waals surface area contributed by atoms with Crippen LogP contribution in [0, 0.1) is 5.92 Å². The van der Waals surface area contributed by atoms with E-state index < -0.39 is 0 Å². The highest BCUT2D eigenvalue weighted by atomic mass is 16.5. The molecule has 1 unspecified atom stereocenters. The Labute approximate surface area is 149 Å². The summed E-state index contributed by atoms with van der Waals surface area (Å²) in [6, 6.07) is 9.80. The number of rotatable bonds is 5. The lowest BCUT2D eigenvalue weighted by molar-refractivity contribution is 0.0682. The molecule has 1 aromatic heterocycles. The van der Waals surface area contributed by atoms with Crippen LogP contribution >= 0.6 is 0 Å². The predicted molar refractivity (Wildman–Crippen MR) is 98.9 cm³/mol. The van der Waals surface area contributed by atoms with Crippen molar-refractivity contribution < 1.29 is 9.53 Å². The number of aromatic nitrogens is 1. The Morgan fingerprint density at radius 3 is 2.84 bits per heavy atom. The van der Waals surface area contributed by atoms with E-state index in [1.807, 2.05) is 35.2 Å². The molecule has 2 aromatic rings. The molecule has 0 saturated carbocycles. The molecule has 0 radical (unpaired) electrons. The minimum Gasteiger partial charge on any atom is -0.497 e. The van der Waals surface area contributed by atoms with Crippen LogP contribution in [0.1, 0.15) is 35.7 Å². The average Bonchev–Trinajstić information content (AvgIpc) is 2.66. The van der Waals surface area contributed by atoms with Gasteiger partial charge in [0.25, 0.3) is 5.91 Å². The summed E-state index contributed by atoms with van der Waals surface area (Å²) in [6.45, 7) is 4.55. The fourth-order valence-electron chi connectivity index (χ4n) is 3.16. The van der Waals surface area contributed by atoms with E-state index in [1.165, 1.54) is 6.42 Å². The molecule has 1 saturated heterocycles. The van der Waals surface area contributed by atoms with Gasteiger partial charge >= 0.3 is 0 Å². The third-order valence-electron chi connectivity index (χ3n) is 4.59. The number of pyridine rings is 1. The van der Waals surface area contributed by atoms with Gasteiger partial charge in [-0.2, -0.15) is 0 Å². The maximum Gasteiger partial charge on any atom is 0.255 e. The highest BCUT2D eigenvalue weighted by Gasteiger charge is 2.22. The molecule has 1 atom stereocenters. The summed E-state index contributed by atoms with van der Waals surface area (Å²) >= 11 is 0. The first-order valence-electron chi connectivity index (χ1n) is 8.77. The second-order valence-electron chi connectivity index (χ2n) is 6.66. The molecule has 1 amide bonds. The number of piperidine rings is 1. The number of benzene rings is 1. The van der Waals surface area contributed by atoms with Crippen molar-refractivity contribution in [1.29, 1.82) is 0 Å². The number of nitrogens with one attached hydrogen (secondary N) is 1. The van der Waals surface area contributed by atoms with Crippen LogP contribution in [-0.2, 0) is 6.54 Å². The molecule has 1 fully saturated rings. The summed E-state index contributed by atoms with van der Waals surface area (Å²) in [5, 5.41) is 3.33. The SMILES string of the molecule is COc1ccc(CNc2cncc(C(=O)N3CCCC(C)C3)c2)cc1. The van der Waals surface area contributed by atoms with Crippen molar-refractivity contribution in [3.63, 3.8) is 0 Å².